The molecule has 1 aliphatic carbocycles. The Balaban J connectivity index is 1.58. The fourth-order valence-corrected chi connectivity index (χ4v) is 3.30. The molecule has 3 atom stereocenters. The first-order chi connectivity index (χ1) is 13.8. The Bertz CT molecular complexity index is 1020. The van der Waals surface area contributed by atoms with E-state index in [4.69, 9.17) is 4.74 Å². The van der Waals surface area contributed by atoms with Gasteiger partial charge in [0.15, 0.2) is 11.5 Å². The lowest BCUT2D eigenvalue weighted by atomic mass is 9.79. The highest BCUT2D eigenvalue weighted by Gasteiger charge is 2.50. The van der Waals surface area contributed by atoms with Gasteiger partial charge in [-0.2, -0.15) is 27.8 Å². The van der Waals surface area contributed by atoms with Gasteiger partial charge in [-0.25, -0.2) is 14.1 Å². The minimum absolute atomic E-state index is 0.0169. The topological polar surface area (TPSA) is 82.2 Å². The fraction of sp³-hybridized carbons (Fsp3) is 0.529. The number of nitrogens with zero attached hydrogens (tertiary/aromatic N) is 6. The molecule has 8 nitrogen and oxygen atoms in total. The van der Waals surface area contributed by atoms with Crippen LogP contribution in [-0.2, 0) is 4.74 Å². The molecule has 3 aromatic heterocycles. The fourth-order valence-electron chi connectivity index (χ4n) is 3.30. The minimum atomic E-state index is -4.28. The summed E-state index contributed by atoms with van der Waals surface area (Å²) in [6.07, 6.45) is 0.107. The molecule has 29 heavy (non-hydrogen) atoms. The van der Waals surface area contributed by atoms with Gasteiger partial charge in [-0.3, -0.25) is 0 Å². The number of hydrogen-bond acceptors (Lipinski definition) is 6. The van der Waals surface area contributed by atoms with Crippen molar-refractivity contribution in [1.82, 2.24) is 29.4 Å². The van der Waals surface area contributed by atoms with Crippen LogP contribution in [0.3, 0.4) is 0 Å². The van der Waals surface area contributed by atoms with Crippen LogP contribution in [0, 0.1) is 11.7 Å². The summed E-state index contributed by atoms with van der Waals surface area (Å²) in [5.41, 5.74) is 0.305. The molecule has 0 spiro atoms. The maximum absolute atomic E-state index is 15.0. The number of fused-ring (bicyclic) bond motifs is 1. The van der Waals surface area contributed by atoms with Crippen molar-refractivity contribution >= 4 is 11.6 Å². The molecule has 1 unspecified atom stereocenters. The van der Waals surface area contributed by atoms with E-state index in [1.807, 2.05) is 6.92 Å². The quantitative estimate of drug-likeness (QED) is 0.624. The number of aromatic nitrogens is 6. The summed E-state index contributed by atoms with van der Waals surface area (Å²) in [4.78, 5) is 8.07. The Labute approximate surface area is 162 Å². The Morgan fingerprint density at radius 1 is 1.34 bits per heavy atom. The number of halogens is 4. The highest BCUT2D eigenvalue weighted by Crippen LogP contribution is 2.42. The van der Waals surface area contributed by atoms with Crippen LogP contribution in [0.4, 0.5) is 23.5 Å². The van der Waals surface area contributed by atoms with Crippen LogP contribution in [0.25, 0.3) is 16.9 Å². The standard InChI is InChI=1S/C17H19F4N7O/c1-3-29-9(2)27-7-10(6-23-27)14-13(18)15-25-16(26-28(15)8-22-14)24-12-5-4-11(12)17(19,20)21/h6-9,11-12H,3-5H2,1-2H3,(H,24,26)/t9?,11-,12-/m1/s1. The first-order valence-corrected chi connectivity index (χ1v) is 9.18. The van der Waals surface area contributed by atoms with Gasteiger partial charge in [0.2, 0.25) is 5.95 Å². The zero-order chi connectivity index (χ0) is 20.8. The lowest BCUT2D eigenvalue weighted by Crippen LogP contribution is -2.46. The van der Waals surface area contributed by atoms with Gasteiger partial charge < -0.3 is 10.1 Å². The second-order valence-electron chi connectivity index (χ2n) is 6.85. The van der Waals surface area contributed by atoms with Crippen molar-refractivity contribution in [2.45, 2.75) is 45.1 Å². The third kappa shape index (κ3) is 3.63. The van der Waals surface area contributed by atoms with E-state index in [0.717, 1.165) is 4.52 Å². The molecule has 0 bridgehead atoms. The maximum atomic E-state index is 15.0. The van der Waals surface area contributed by atoms with E-state index in [9.17, 15) is 17.6 Å². The number of anilines is 1. The van der Waals surface area contributed by atoms with Crippen LogP contribution < -0.4 is 5.32 Å². The lowest BCUT2D eigenvalue weighted by Gasteiger charge is -2.37. The van der Waals surface area contributed by atoms with E-state index in [1.165, 1.54) is 17.2 Å². The number of hydrogen-bond donors (Lipinski definition) is 1. The Morgan fingerprint density at radius 3 is 2.79 bits per heavy atom. The Morgan fingerprint density at radius 2 is 2.14 bits per heavy atom. The summed E-state index contributed by atoms with van der Waals surface area (Å²) >= 11 is 0. The zero-order valence-electron chi connectivity index (χ0n) is 15.7. The van der Waals surface area contributed by atoms with E-state index < -0.39 is 24.0 Å². The van der Waals surface area contributed by atoms with Crippen molar-refractivity contribution in [3.8, 4) is 11.3 Å². The summed E-state index contributed by atoms with van der Waals surface area (Å²) in [5, 5.41) is 10.8. The largest absolute Gasteiger partial charge is 0.393 e. The maximum Gasteiger partial charge on any atom is 0.393 e. The molecule has 156 valence electrons. The van der Waals surface area contributed by atoms with E-state index in [-0.39, 0.29) is 29.9 Å². The van der Waals surface area contributed by atoms with Gasteiger partial charge in [0.05, 0.1) is 12.1 Å². The second-order valence-corrected chi connectivity index (χ2v) is 6.85. The number of rotatable bonds is 6. The molecule has 0 radical (unpaired) electrons. The molecule has 1 aliphatic rings. The predicted molar refractivity (Wildman–Crippen MR) is 94.5 cm³/mol. The Hall–Kier alpha value is -2.76. The highest BCUT2D eigenvalue weighted by molar-refractivity contribution is 5.63. The summed E-state index contributed by atoms with van der Waals surface area (Å²) < 4.78 is 61.7. The molecule has 3 aromatic rings. The molecule has 0 aliphatic heterocycles. The molecule has 1 fully saturated rings. The number of alkyl halides is 3. The third-order valence-electron chi connectivity index (χ3n) is 5.00. The molecule has 4 rings (SSSR count). The lowest BCUT2D eigenvalue weighted by molar-refractivity contribution is -0.197. The Kier molecular flexibility index (Phi) is 4.89. The molecular weight excluding hydrogens is 394 g/mol. The van der Waals surface area contributed by atoms with E-state index in [0.29, 0.717) is 18.6 Å². The van der Waals surface area contributed by atoms with Gasteiger partial charge in [-0.1, -0.05) is 0 Å². The van der Waals surface area contributed by atoms with E-state index >= 15 is 0 Å². The number of nitrogens with one attached hydrogen (secondary N) is 1. The molecule has 1 saturated carbocycles. The molecular formula is C17H19F4N7O. The first kappa shape index (κ1) is 19.6. The van der Waals surface area contributed by atoms with Gasteiger partial charge in [-0.05, 0) is 26.7 Å². The molecule has 0 aromatic carbocycles. The summed E-state index contributed by atoms with van der Waals surface area (Å²) in [5.74, 6) is -2.26. The molecule has 1 N–H and O–H groups in total. The summed E-state index contributed by atoms with van der Waals surface area (Å²) in [6.45, 7) is 4.16. The first-order valence-electron chi connectivity index (χ1n) is 9.18. The summed E-state index contributed by atoms with van der Waals surface area (Å²) in [7, 11) is 0. The average Bonchev–Trinajstić information content (AvgIpc) is 3.25. The van der Waals surface area contributed by atoms with Crippen LogP contribution in [0.2, 0.25) is 0 Å². The monoisotopic (exact) mass is 413 g/mol. The molecule has 0 saturated heterocycles. The highest BCUT2D eigenvalue weighted by atomic mass is 19.4. The van der Waals surface area contributed by atoms with Crippen LogP contribution in [0.5, 0.6) is 0 Å². The van der Waals surface area contributed by atoms with E-state index in [1.54, 1.807) is 13.1 Å². The van der Waals surface area contributed by atoms with Gasteiger partial charge in [0.1, 0.15) is 18.2 Å². The molecule has 12 heteroatoms. The molecule has 3 heterocycles. The molecule has 0 amide bonds. The second kappa shape index (κ2) is 7.25. The van der Waals surface area contributed by atoms with Crippen molar-refractivity contribution < 1.29 is 22.3 Å². The van der Waals surface area contributed by atoms with Crippen LogP contribution >= 0.6 is 0 Å². The smallest absolute Gasteiger partial charge is 0.357 e. The van der Waals surface area contributed by atoms with Crippen LogP contribution in [-0.4, -0.2) is 48.2 Å². The van der Waals surface area contributed by atoms with Crippen LogP contribution in [0.15, 0.2) is 18.7 Å². The van der Waals surface area contributed by atoms with Crippen molar-refractivity contribution in [3.05, 3.63) is 24.5 Å². The third-order valence-corrected chi connectivity index (χ3v) is 5.00. The normalized spacial score (nSPS) is 20.6. The van der Waals surface area contributed by atoms with Gasteiger partial charge in [0.25, 0.3) is 0 Å². The van der Waals surface area contributed by atoms with Gasteiger partial charge in [0, 0.05) is 24.4 Å². The average molecular weight is 413 g/mol. The predicted octanol–water partition coefficient (Wildman–Crippen LogP) is 3.43. The van der Waals surface area contributed by atoms with Crippen LogP contribution in [0.1, 0.15) is 32.9 Å². The van der Waals surface area contributed by atoms with Gasteiger partial charge in [-0.15, -0.1) is 5.10 Å². The SMILES string of the molecule is CCOC(C)n1cc(-c2ncn3nc(N[C@@H]4CC[C@H]4C(F)(F)F)nc3c2F)cn1. The van der Waals surface area contributed by atoms with Crippen molar-refractivity contribution in [2.24, 2.45) is 5.92 Å². The van der Waals surface area contributed by atoms with E-state index in [2.05, 4.69) is 25.5 Å². The van der Waals surface area contributed by atoms with Crippen molar-refractivity contribution in [2.75, 3.05) is 11.9 Å². The zero-order valence-corrected chi connectivity index (χ0v) is 15.7. The van der Waals surface area contributed by atoms with Crippen molar-refractivity contribution in [1.29, 1.82) is 0 Å². The number of ether oxygens (including phenoxy) is 1. The summed E-state index contributed by atoms with van der Waals surface area (Å²) in [6, 6.07) is -0.818. The van der Waals surface area contributed by atoms with Gasteiger partial charge >= 0.3 is 6.18 Å². The minimum Gasteiger partial charge on any atom is -0.357 e. The van der Waals surface area contributed by atoms with Crippen molar-refractivity contribution in [3.63, 3.8) is 0 Å².